The van der Waals surface area contributed by atoms with Crippen molar-refractivity contribution in [2.45, 2.75) is 58.8 Å². The summed E-state index contributed by atoms with van der Waals surface area (Å²) in [5.41, 5.74) is 5.50. The maximum absolute atomic E-state index is 11.7. The summed E-state index contributed by atoms with van der Waals surface area (Å²) in [5.74, 6) is 2.38. The molecule has 1 unspecified atom stereocenters. The average Bonchev–Trinajstić information content (AvgIpc) is 2.36. The molecule has 1 rings (SSSR count). The third-order valence-corrected chi connectivity index (χ3v) is 4.25. The van der Waals surface area contributed by atoms with Crippen molar-refractivity contribution in [1.82, 2.24) is 5.32 Å². The molecule has 0 bridgehead atoms. The zero-order valence-electron chi connectivity index (χ0n) is 12.1. The Morgan fingerprint density at radius 3 is 2.56 bits per heavy atom. The second-order valence-corrected chi connectivity index (χ2v) is 6.15. The Labute approximate surface area is 112 Å². The highest BCUT2D eigenvalue weighted by molar-refractivity contribution is 5.75. The van der Waals surface area contributed by atoms with Crippen LogP contribution in [0, 0.1) is 17.8 Å². The molecule has 1 saturated carbocycles. The van der Waals surface area contributed by atoms with Crippen LogP contribution in [0.1, 0.15) is 58.8 Å². The minimum absolute atomic E-state index is 0.220. The molecule has 0 aromatic heterocycles. The van der Waals surface area contributed by atoms with E-state index in [2.05, 4.69) is 19.2 Å². The van der Waals surface area contributed by atoms with Gasteiger partial charge >= 0.3 is 0 Å². The van der Waals surface area contributed by atoms with Crippen LogP contribution in [0.2, 0.25) is 0 Å². The van der Waals surface area contributed by atoms with Crippen LogP contribution < -0.4 is 11.1 Å². The molecule has 1 amide bonds. The minimum atomic E-state index is 0.220. The molecule has 0 aliphatic heterocycles. The van der Waals surface area contributed by atoms with Crippen molar-refractivity contribution >= 4 is 5.91 Å². The number of hydrogen-bond acceptors (Lipinski definition) is 2. The molecular formula is C15H30N2O. The van der Waals surface area contributed by atoms with Crippen molar-refractivity contribution in [2.24, 2.45) is 23.5 Å². The molecule has 1 aliphatic rings. The lowest BCUT2D eigenvalue weighted by molar-refractivity contribution is -0.121. The first kappa shape index (κ1) is 15.5. The largest absolute Gasteiger partial charge is 0.356 e. The van der Waals surface area contributed by atoms with E-state index in [-0.39, 0.29) is 5.91 Å². The summed E-state index contributed by atoms with van der Waals surface area (Å²) in [6, 6.07) is 0. The van der Waals surface area contributed by atoms with Gasteiger partial charge in [-0.15, -0.1) is 0 Å². The monoisotopic (exact) mass is 254 g/mol. The van der Waals surface area contributed by atoms with E-state index >= 15 is 0 Å². The predicted molar refractivity (Wildman–Crippen MR) is 76.2 cm³/mol. The summed E-state index contributed by atoms with van der Waals surface area (Å²) < 4.78 is 0. The molecule has 1 fully saturated rings. The molecule has 0 aromatic rings. The van der Waals surface area contributed by atoms with Crippen LogP contribution >= 0.6 is 0 Å². The number of carbonyl (C=O) groups excluding carboxylic acids is 1. The third-order valence-electron chi connectivity index (χ3n) is 4.25. The standard InChI is InChI=1S/C15H30N2O/c1-12-3-6-14(7-4-12)11-17-15(18)8-5-13(2)9-10-16/h12-14H,3-11,16H2,1-2H3,(H,17,18). The number of carbonyl (C=O) groups is 1. The lowest BCUT2D eigenvalue weighted by Gasteiger charge is -2.26. The van der Waals surface area contributed by atoms with E-state index in [0.717, 1.165) is 31.8 Å². The van der Waals surface area contributed by atoms with Gasteiger partial charge in [0.15, 0.2) is 0 Å². The van der Waals surface area contributed by atoms with E-state index in [0.29, 0.717) is 18.3 Å². The van der Waals surface area contributed by atoms with Crippen LogP contribution in [0.3, 0.4) is 0 Å². The molecule has 1 atom stereocenters. The van der Waals surface area contributed by atoms with Gasteiger partial charge in [-0.3, -0.25) is 4.79 Å². The van der Waals surface area contributed by atoms with Crippen LogP contribution in [0.25, 0.3) is 0 Å². The molecule has 106 valence electrons. The number of amides is 1. The zero-order valence-corrected chi connectivity index (χ0v) is 12.1. The first-order valence-electron chi connectivity index (χ1n) is 7.58. The first-order chi connectivity index (χ1) is 8.61. The normalized spacial score (nSPS) is 25.7. The summed E-state index contributed by atoms with van der Waals surface area (Å²) in [6.07, 6.45) is 7.86. The molecule has 1 aliphatic carbocycles. The van der Waals surface area contributed by atoms with Crippen molar-refractivity contribution in [1.29, 1.82) is 0 Å². The van der Waals surface area contributed by atoms with Gasteiger partial charge in [-0.25, -0.2) is 0 Å². The molecule has 3 heteroatoms. The van der Waals surface area contributed by atoms with Gasteiger partial charge in [0.2, 0.25) is 5.91 Å². The van der Waals surface area contributed by atoms with Crippen LogP contribution in [0.15, 0.2) is 0 Å². The van der Waals surface area contributed by atoms with Crippen molar-refractivity contribution < 1.29 is 4.79 Å². The molecule has 0 heterocycles. The van der Waals surface area contributed by atoms with Crippen molar-refractivity contribution in [3.8, 4) is 0 Å². The van der Waals surface area contributed by atoms with E-state index < -0.39 is 0 Å². The highest BCUT2D eigenvalue weighted by Crippen LogP contribution is 2.27. The van der Waals surface area contributed by atoms with Crippen molar-refractivity contribution in [2.75, 3.05) is 13.1 Å². The SMILES string of the molecule is CC(CCN)CCC(=O)NCC1CCC(C)CC1. The number of hydrogen-bond donors (Lipinski definition) is 2. The van der Waals surface area contributed by atoms with Crippen LogP contribution in [-0.4, -0.2) is 19.0 Å². The number of rotatable bonds is 7. The Kier molecular flexibility index (Phi) is 7.33. The lowest BCUT2D eigenvalue weighted by Crippen LogP contribution is -2.31. The number of nitrogens with two attached hydrogens (primary N) is 1. The Bertz CT molecular complexity index is 235. The summed E-state index contributed by atoms with van der Waals surface area (Å²) in [7, 11) is 0. The second kappa shape index (κ2) is 8.52. The molecule has 18 heavy (non-hydrogen) atoms. The van der Waals surface area contributed by atoms with E-state index in [1.807, 2.05) is 0 Å². The quantitative estimate of drug-likeness (QED) is 0.734. The Hall–Kier alpha value is -0.570. The molecular weight excluding hydrogens is 224 g/mol. The molecule has 3 nitrogen and oxygen atoms in total. The Morgan fingerprint density at radius 1 is 1.28 bits per heavy atom. The van der Waals surface area contributed by atoms with E-state index in [4.69, 9.17) is 5.73 Å². The molecule has 3 N–H and O–H groups in total. The van der Waals surface area contributed by atoms with E-state index in [9.17, 15) is 4.79 Å². The van der Waals surface area contributed by atoms with Gasteiger partial charge in [0.05, 0.1) is 0 Å². The fraction of sp³-hybridized carbons (Fsp3) is 0.933. The maximum Gasteiger partial charge on any atom is 0.220 e. The first-order valence-corrected chi connectivity index (χ1v) is 7.58. The summed E-state index contributed by atoms with van der Waals surface area (Å²) in [6.45, 7) is 6.11. The Morgan fingerprint density at radius 2 is 1.94 bits per heavy atom. The Balaban J connectivity index is 2.06. The minimum Gasteiger partial charge on any atom is -0.356 e. The summed E-state index contributed by atoms with van der Waals surface area (Å²) >= 11 is 0. The van der Waals surface area contributed by atoms with Gasteiger partial charge in [-0.05, 0) is 50.0 Å². The molecule has 0 radical (unpaired) electrons. The zero-order chi connectivity index (χ0) is 13.4. The highest BCUT2D eigenvalue weighted by atomic mass is 16.1. The fourth-order valence-corrected chi connectivity index (χ4v) is 2.69. The van der Waals surface area contributed by atoms with Gasteiger partial charge < -0.3 is 11.1 Å². The van der Waals surface area contributed by atoms with Gasteiger partial charge in [0, 0.05) is 13.0 Å². The third kappa shape index (κ3) is 6.39. The second-order valence-electron chi connectivity index (χ2n) is 6.15. The number of nitrogens with one attached hydrogen (secondary N) is 1. The predicted octanol–water partition coefficient (Wildman–Crippen LogP) is 2.69. The topological polar surface area (TPSA) is 55.1 Å². The van der Waals surface area contributed by atoms with E-state index in [1.165, 1.54) is 25.7 Å². The van der Waals surface area contributed by atoms with Crippen LogP contribution in [0.5, 0.6) is 0 Å². The van der Waals surface area contributed by atoms with Crippen molar-refractivity contribution in [3.05, 3.63) is 0 Å². The maximum atomic E-state index is 11.7. The summed E-state index contributed by atoms with van der Waals surface area (Å²) in [5, 5.41) is 3.09. The fourth-order valence-electron chi connectivity index (χ4n) is 2.69. The van der Waals surface area contributed by atoms with Gasteiger partial charge in [-0.2, -0.15) is 0 Å². The van der Waals surface area contributed by atoms with Crippen LogP contribution in [0.4, 0.5) is 0 Å². The lowest BCUT2D eigenvalue weighted by atomic mass is 9.83. The van der Waals surface area contributed by atoms with Crippen LogP contribution in [-0.2, 0) is 4.79 Å². The van der Waals surface area contributed by atoms with E-state index in [1.54, 1.807) is 0 Å². The highest BCUT2D eigenvalue weighted by Gasteiger charge is 2.18. The average molecular weight is 254 g/mol. The van der Waals surface area contributed by atoms with Gasteiger partial charge in [-0.1, -0.05) is 26.7 Å². The molecule has 0 saturated heterocycles. The summed E-state index contributed by atoms with van der Waals surface area (Å²) in [4.78, 5) is 11.7. The van der Waals surface area contributed by atoms with Crippen molar-refractivity contribution in [3.63, 3.8) is 0 Å². The molecule has 0 aromatic carbocycles. The van der Waals surface area contributed by atoms with Gasteiger partial charge in [0.1, 0.15) is 0 Å². The van der Waals surface area contributed by atoms with Gasteiger partial charge in [0.25, 0.3) is 0 Å². The molecule has 0 spiro atoms. The smallest absolute Gasteiger partial charge is 0.220 e.